The van der Waals surface area contributed by atoms with Crippen molar-refractivity contribution in [3.05, 3.63) is 60.0 Å². The van der Waals surface area contributed by atoms with E-state index in [-0.39, 0.29) is 11.8 Å². The van der Waals surface area contributed by atoms with Gasteiger partial charge in [-0.3, -0.25) is 14.8 Å². The number of hydrogen-bond donors (Lipinski definition) is 2. The Labute approximate surface area is 232 Å². The number of pyridine rings is 1. The van der Waals surface area contributed by atoms with Crippen LogP contribution in [0.15, 0.2) is 54.1 Å². The van der Waals surface area contributed by atoms with Gasteiger partial charge in [-0.1, -0.05) is 30.3 Å². The third-order valence-corrected chi connectivity index (χ3v) is 8.54. The predicted molar refractivity (Wildman–Crippen MR) is 150 cm³/mol. The number of aromatic nitrogens is 4. The molecule has 2 aliphatic rings. The third kappa shape index (κ3) is 7.57. The Balaban J connectivity index is 1.05. The first-order chi connectivity index (χ1) is 19.0. The van der Waals surface area contributed by atoms with Crippen molar-refractivity contribution >= 4 is 29.4 Å². The maximum Gasteiger partial charge on any atom is 0.416 e. The van der Waals surface area contributed by atoms with Gasteiger partial charge in [0.1, 0.15) is 6.33 Å². The van der Waals surface area contributed by atoms with Gasteiger partial charge in [0.2, 0.25) is 11.0 Å². The molecule has 5 rings (SSSR count). The Morgan fingerprint density at radius 1 is 1.05 bits per heavy atom. The van der Waals surface area contributed by atoms with Gasteiger partial charge in [-0.15, -0.1) is 5.10 Å². The molecule has 2 fully saturated rings. The molecule has 1 aromatic carbocycles. The second-order valence-electron chi connectivity index (χ2n) is 10.2. The van der Waals surface area contributed by atoms with E-state index in [0.29, 0.717) is 36.3 Å². The maximum absolute atomic E-state index is 12.7. The minimum Gasteiger partial charge on any atom is -0.391 e. The second-order valence-corrected chi connectivity index (χ2v) is 11.2. The number of rotatable bonds is 8. The number of hydrogen-bond acceptors (Lipinski definition) is 8. The molecule has 206 valence electrons. The van der Waals surface area contributed by atoms with Crippen LogP contribution < -0.4 is 10.1 Å². The van der Waals surface area contributed by atoms with Gasteiger partial charge in [0.15, 0.2) is 0 Å². The Morgan fingerprint density at radius 3 is 2.56 bits per heavy atom. The van der Waals surface area contributed by atoms with Crippen molar-refractivity contribution in [1.29, 1.82) is 0 Å². The molecule has 1 unspecified atom stereocenters. The van der Waals surface area contributed by atoms with Crippen molar-refractivity contribution in [3.63, 3.8) is 0 Å². The Bertz CT molecular complexity index is 1210. The zero-order valence-corrected chi connectivity index (χ0v) is 23.0. The Morgan fingerprint density at radius 2 is 1.87 bits per heavy atom. The van der Waals surface area contributed by atoms with Crippen LogP contribution in [0.5, 0.6) is 5.88 Å². The summed E-state index contributed by atoms with van der Waals surface area (Å²) < 4.78 is 5.47. The molecule has 2 aliphatic heterocycles. The highest BCUT2D eigenvalue weighted by Gasteiger charge is 2.25. The van der Waals surface area contributed by atoms with Gasteiger partial charge in [0.05, 0.1) is 11.9 Å². The molecule has 0 radical (unpaired) electrons. The largest absolute Gasteiger partial charge is 0.416 e. The number of benzene rings is 1. The van der Waals surface area contributed by atoms with Gasteiger partial charge in [-0.2, -0.15) is 0 Å². The fourth-order valence-corrected chi connectivity index (χ4v) is 5.96. The summed E-state index contributed by atoms with van der Waals surface area (Å²) >= 11 is 1.63. The van der Waals surface area contributed by atoms with Crippen LogP contribution in [0.4, 0.5) is 10.5 Å². The van der Waals surface area contributed by atoms with Gasteiger partial charge >= 0.3 is 6.09 Å². The van der Waals surface area contributed by atoms with Crippen molar-refractivity contribution in [2.45, 2.75) is 56.8 Å². The summed E-state index contributed by atoms with van der Waals surface area (Å²) in [4.78, 5) is 37.9. The van der Waals surface area contributed by atoms with Crippen molar-refractivity contribution in [2.75, 3.05) is 30.7 Å². The predicted octanol–water partition coefficient (Wildman–Crippen LogP) is 4.83. The van der Waals surface area contributed by atoms with E-state index in [4.69, 9.17) is 4.74 Å². The number of nitrogens with one attached hydrogen (secondary N) is 2. The maximum atomic E-state index is 12.7. The van der Waals surface area contributed by atoms with Crippen LogP contribution in [0.1, 0.15) is 54.9 Å². The number of anilines is 1. The number of carbonyl (C=O) groups excluding carboxylic acids is 2. The lowest BCUT2D eigenvalue weighted by molar-refractivity contribution is 0.102. The van der Waals surface area contributed by atoms with E-state index in [1.165, 1.54) is 31.0 Å². The number of carbonyl (C=O) groups is 2. The molecule has 2 N–H and O–H groups in total. The lowest BCUT2D eigenvalue weighted by Gasteiger charge is -2.33. The lowest BCUT2D eigenvalue weighted by Crippen LogP contribution is -2.40. The standard InChI is InChI=1S/C28H35N7O3S/c1-20-4-2-3-13-35(20)17-21-5-7-23(8-6-21)26(36)32-24-9-10-25(29-16-24)38-28(37)34-14-11-22(12-15-34)18-39-27-30-19-31-33-27/h5-10,16,19-20,22H,2-4,11-15,17-18H2,1H3,(H,32,36)(H,30,31,33). The number of amides is 2. The molecule has 39 heavy (non-hydrogen) atoms. The molecule has 10 nitrogen and oxygen atoms in total. The van der Waals surface area contributed by atoms with Crippen LogP contribution >= 0.6 is 11.8 Å². The summed E-state index contributed by atoms with van der Waals surface area (Å²) in [5.74, 6) is 1.44. The average molecular weight is 550 g/mol. The number of thioether (sulfide) groups is 1. The van der Waals surface area contributed by atoms with E-state index < -0.39 is 6.09 Å². The molecule has 4 heterocycles. The van der Waals surface area contributed by atoms with E-state index in [9.17, 15) is 9.59 Å². The molecular weight excluding hydrogens is 514 g/mol. The summed E-state index contributed by atoms with van der Waals surface area (Å²) in [5.41, 5.74) is 2.33. The number of ether oxygens (including phenoxy) is 1. The van der Waals surface area contributed by atoms with Crippen LogP contribution in [0.3, 0.4) is 0 Å². The SMILES string of the molecule is CC1CCCCN1Cc1ccc(C(=O)Nc2ccc(OC(=O)N3CCC(CSc4nc[nH]n4)CC3)nc2)cc1. The first kappa shape index (κ1) is 27.1. The molecule has 2 amide bonds. The molecule has 0 spiro atoms. The number of nitrogens with zero attached hydrogens (tertiary/aromatic N) is 5. The summed E-state index contributed by atoms with van der Waals surface area (Å²) in [6.07, 6.45) is 8.28. The summed E-state index contributed by atoms with van der Waals surface area (Å²) in [7, 11) is 0. The first-order valence-corrected chi connectivity index (χ1v) is 14.6. The smallest absolute Gasteiger partial charge is 0.391 e. The van der Waals surface area contributed by atoms with Crippen LogP contribution in [-0.4, -0.2) is 73.4 Å². The van der Waals surface area contributed by atoms with E-state index in [1.807, 2.05) is 24.3 Å². The van der Waals surface area contributed by atoms with Gasteiger partial charge in [0.25, 0.3) is 5.91 Å². The molecule has 0 aliphatic carbocycles. The minimum absolute atomic E-state index is 0.205. The summed E-state index contributed by atoms with van der Waals surface area (Å²) in [6.45, 7) is 5.61. The molecule has 1 atom stereocenters. The Kier molecular flexibility index (Phi) is 9.10. The van der Waals surface area contributed by atoms with Crippen LogP contribution in [-0.2, 0) is 6.54 Å². The molecular formula is C28H35N7O3S. The zero-order chi connectivity index (χ0) is 27.0. The molecule has 0 saturated carbocycles. The lowest BCUT2D eigenvalue weighted by atomic mass is 9.99. The molecule has 11 heteroatoms. The van der Waals surface area contributed by atoms with Crippen LogP contribution in [0.25, 0.3) is 0 Å². The van der Waals surface area contributed by atoms with Crippen LogP contribution in [0, 0.1) is 5.92 Å². The van der Waals surface area contributed by atoms with Crippen LogP contribution in [0.2, 0.25) is 0 Å². The molecule has 3 aromatic rings. The van der Waals surface area contributed by atoms with E-state index >= 15 is 0 Å². The fourth-order valence-electron chi connectivity index (χ4n) is 5.00. The highest BCUT2D eigenvalue weighted by atomic mass is 32.2. The van der Waals surface area contributed by atoms with Crippen molar-refractivity contribution < 1.29 is 14.3 Å². The topological polar surface area (TPSA) is 116 Å². The summed E-state index contributed by atoms with van der Waals surface area (Å²) in [5, 5.41) is 10.4. The van der Waals surface area contributed by atoms with Crippen molar-refractivity contribution in [3.8, 4) is 5.88 Å². The zero-order valence-electron chi connectivity index (χ0n) is 22.2. The highest BCUT2D eigenvalue weighted by Crippen LogP contribution is 2.25. The highest BCUT2D eigenvalue weighted by molar-refractivity contribution is 7.99. The molecule has 2 saturated heterocycles. The normalized spacial score (nSPS) is 18.6. The van der Waals surface area contributed by atoms with Crippen molar-refractivity contribution in [1.82, 2.24) is 30.0 Å². The average Bonchev–Trinajstić information content (AvgIpc) is 3.49. The third-order valence-electron chi connectivity index (χ3n) is 7.44. The van der Waals surface area contributed by atoms with E-state index in [1.54, 1.807) is 35.1 Å². The first-order valence-electron chi connectivity index (χ1n) is 13.6. The minimum atomic E-state index is -0.404. The number of likely N-dealkylation sites (tertiary alicyclic amines) is 2. The van der Waals surface area contributed by atoms with Crippen molar-refractivity contribution in [2.24, 2.45) is 5.92 Å². The van der Waals surface area contributed by atoms with Gasteiger partial charge < -0.3 is 15.0 Å². The molecule has 2 aromatic heterocycles. The quantitative estimate of drug-likeness (QED) is 0.384. The van der Waals surface area contributed by atoms with Gasteiger partial charge in [-0.25, -0.2) is 14.8 Å². The fraction of sp³-hybridized carbons (Fsp3) is 0.464. The summed E-state index contributed by atoms with van der Waals surface area (Å²) in [6, 6.07) is 11.6. The second kappa shape index (κ2) is 13.1. The number of piperidine rings is 2. The van der Waals surface area contributed by atoms with E-state index in [2.05, 4.69) is 37.3 Å². The monoisotopic (exact) mass is 549 g/mol. The molecule has 0 bridgehead atoms. The Hall–Kier alpha value is -3.44. The number of H-pyrrole nitrogens is 1. The number of aromatic amines is 1. The van der Waals surface area contributed by atoms with Gasteiger partial charge in [-0.05, 0) is 68.8 Å². The van der Waals surface area contributed by atoms with E-state index in [0.717, 1.165) is 36.8 Å². The van der Waals surface area contributed by atoms with Gasteiger partial charge in [0, 0.05) is 43.1 Å².